The molecule has 1 aromatic carbocycles. The summed E-state index contributed by atoms with van der Waals surface area (Å²) in [6.45, 7) is -1.75. The summed E-state index contributed by atoms with van der Waals surface area (Å²) in [5.74, 6) is -4.97. The van der Waals surface area contributed by atoms with Crippen molar-refractivity contribution in [2.45, 2.75) is 18.6 Å². The Morgan fingerprint density at radius 3 is 2.38 bits per heavy atom. The molecule has 3 nitrogen and oxygen atoms in total. The maximum atomic E-state index is 13.1. The predicted octanol–water partition coefficient (Wildman–Crippen LogP) is 2.38. The number of hydrogen-bond donors (Lipinski definition) is 0. The Hall–Kier alpha value is -2.25. The van der Waals surface area contributed by atoms with Gasteiger partial charge in [0, 0.05) is 5.39 Å². The zero-order chi connectivity index (χ0) is 15.4. The summed E-state index contributed by atoms with van der Waals surface area (Å²) in [5.41, 5.74) is -0.443. The first kappa shape index (κ1) is 13.7. The van der Waals surface area contributed by atoms with E-state index in [1.54, 1.807) is 24.3 Å². The molecule has 3 aromatic rings. The van der Waals surface area contributed by atoms with Crippen LogP contribution < -0.4 is 10.3 Å². The number of benzene rings is 1. The zero-order valence-corrected chi connectivity index (χ0v) is 10.4. The summed E-state index contributed by atoms with van der Waals surface area (Å²) in [7, 11) is 0. The highest BCUT2D eigenvalue weighted by Gasteiger charge is 2.59. The van der Waals surface area contributed by atoms with Crippen molar-refractivity contribution in [3.8, 4) is 0 Å². The molecule has 8 heteroatoms. The monoisotopic (exact) mass is 303 g/mol. The molecule has 2 aromatic heterocycles. The van der Waals surface area contributed by atoms with Crippen LogP contribution in [0.15, 0.2) is 41.5 Å². The lowest BCUT2D eigenvalue weighted by atomic mass is 10.2. The van der Waals surface area contributed by atoms with E-state index in [-0.39, 0.29) is 0 Å². The summed E-state index contributed by atoms with van der Waals surface area (Å²) in [6.07, 6.45) is -3.34. The lowest BCUT2D eigenvalue weighted by Gasteiger charge is -2.17. The molecule has 0 aliphatic heterocycles. The van der Waals surface area contributed by atoms with E-state index in [9.17, 15) is 26.7 Å². The van der Waals surface area contributed by atoms with E-state index in [4.69, 9.17) is 0 Å². The molecule has 0 saturated heterocycles. The minimum absolute atomic E-state index is 0.384. The van der Waals surface area contributed by atoms with Crippen LogP contribution in [0.4, 0.5) is 22.0 Å². The van der Waals surface area contributed by atoms with Gasteiger partial charge < -0.3 is 0 Å². The molecule has 0 radical (unpaired) electrons. The van der Waals surface area contributed by atoms with Crippen LogP contribution in [0, 0.1) is 0 Å². The molecule has 0 aliphatic rings. The average molecular weight is 303 g/mol. The van der Waals surface area contributed by atoms with E-state index in [1.165, 1.54) is 6.20 Å². The lowest BCUT2D eigenvalue weighted by molar-refractivity contribution is -0.734. The summed E-state index contributed by atoms with van der Waals surface area (Å²) < 4.78 is 64.5. The SMILES string of the molecule is O=c1n2ccc3cccc(c[n+]1CC(F)(F)C(F)(F)F)c32. The summed E-state index contributed by atoms with van der Waals surface area (Å²) >= 11 is 0. The summed E-state index contributed by atoms with van der Waals surface area (Å²) in [5, 5.41) is 1.12. The van der Waals surface area contributed by atoms with Gasteiger partial charge in [0.05, 0.1) is 5.39 Å². The molecule has 0 spiro atoms. The molecule has 110 valence electrons. The molecular weight excluding hydrogens is 295 g/mol. The fourth-order valence-electron chi connectivity index (χ4n) is 2.26. The minimum atomic E-state index is -5.70. The lowest BCUT2D eigenvalue weighted by Crippen LogP contribution is -2.60. The van der Waals surface area contributed by atoms with Crippen LogP contribution in [0.1, 0.15) is 0 Å². The van der Waals surface area contributed by atoms with Gasteiger partial charge in [0.25, 0.3) is 0 Å². The molecule has 0 bridgehead atoms. The molecule has 21 heavy (non-hydrogen) atoms. The molecular formula is C13H8F5N2O+. The summed E-state index contributed by atoms with van der Waals surface area (Å²) in [4.78, 5) is 12.0. The van der Waals surface area contributed by atoms with Gasteiger partial charge in [-0.3, -0.25) is 0 Å². The highest BCUT2D eigenvalue weighted by Crippen LogP contribution is 2.35. The Kier molecular flexibility index (Phi) is 2.69. The Morgan fingerprint density at radius 2 is 1.71 bits per heavy atom. The highest BCUT2D eigenvalue weighted by molar-refractivity contribution is 5.95. The quantitative estimate of drug-likeness (QED) is 0.527. The molecule has 0 N–H and O–H groups in total. The maximum absolute atomic E-state index is 13.1. The van der Waals surface area contributed by atoms with Crippen molar-refractivity contribution in [3.05, 3.63) is 47.1 Å². The van der Waals surface area contributed by atoms with Gasteiger partial charge >= 0.3 is 17.8 Å². The number of para-hydroxylation sites is 1. The van der Waals surface area contributed by atoms with E-state index in [1.807, 2.05) is 0 Å². The predicted molar refractivity (Wildman–Crippen MR) is 63.6 cm³/mol. The molecule has 0 fully saturated rings. The molecule has 3 rings (SSSR count). The third kappa shape index (κ3) is 2.01. The molecule has 2 heterocycles. The number of halogens is 5. The van der Waals surface area contributed by atoms with Crippen LogP contribution in [0.5, 0.6) is 0 Å². The topological polar surface area (TPSA) is 25.4 Å². The Bertz CT molecular complexity index is 868. The fourth-order valence-corrected chi connectivity index (χ4v) is 2.26. The van der Waals surface area contributed by atoms with Crippen molar-refractivity contribution in [1.29, 1.82) is 0 Å². The fraction of sp³-hybridized carbons (Fsp3) is 0.231. The van der Waals surface area contributed by atoms with Gasteiger partial charge in [-0.2, -0.15) is 35.7 Å². The maximum Gasteiger partial charge on any atom is 0.503 e. The van der Waals surface area contributed by atoms with Crippen molar-refractivity contribution < 1.29 is 26.5 Å². The largest absolute Gasteiger partial charge is 0.503 e. The highest BCUT2D eigenvalue weighted by atomic mass is 19.4. The van der Waals surface area contributed by atoms with Gasteiger partial charge in [-0.1, -0.05) is 12.1 Å². The third-order valence-electron chi connectivity index (χ3n) is 3.27. The van der Waals surface area contributed by atoms with E-state index >= 15 is 0 Å². The molecule has 0 amide bonds. The van der Waals surface area contributed by atoms with Crippen LogP contribution in [0.3, 0.4) is 0 Å². The molecule has 0 unspecified atom stereocenters. The van der Waals surface area contributed by atoms with Gasteiger partial charge in [-0.15, -0.1) is 0 Å². The standard InChI is InChI=1S/C13H8F5N2O/c14-12(15,13(16,17)18)7-19-6-9-3-1-2-8-4-5-20(10(8)9)11(19)21/h1-6H,7H2/q+1. The number of nitrogens with zero attached hydrogens (tertiary/aromatic N) is 2. The number of hydrogen-bond acceptors (Lipinski definition) is 1. The van der Waals surface area contributed by atoms with Crippen molar-refractivity contribution in [2.75, 3.05) is 0 Å². The van der Waals surface area contributed by atoms with Gasteiger partial charge in [0.15, 0.2) is 12.1 Å². The van der Waals surface area contributed by atoms with Crippen LogP contribution in [0.25, 0.3) is 16.3 Å². The van der Waals surface area contributed by atoms with Crippen LogP contribution in [0.2, 0.25) is 0 Å². The molecule has 0 aliphatic carbocycles. The van der Waals surface area contributed by atoms with Crippen LogP contribution in [-0.4, -0.2) is 16.5 Å². The number of alkyl halides is 5. The third-order valence-corrected chi connectivity index (χ3v) is 3.27. The van der Waals surface area contributed by atoms with E-state index in [2.05, 4.69) is 0 Å². The van der Waals surface area contributed by atoms with Crippen molar-refractivity contribution >= 4 is 16.3 Å². The van der Waals surface area contributed by atoms with E-state index in [0.29, 0.717) is 20.9 Å². The van der Waals surface area contributed by atoms with Crippen molar-refractivity contribution in [1.82, 2.24) is 4.40 Å². The number of aromatic nitrogens is 2. The van der Waals surface area contributed by atoms with Gasteiger partial charge in [0.1, 0.15) is 12.4 Å². The zero-order valence-electron chi connectivity index (χ0n) is 10.4. The summed E-state index contributed by atoms with van der Waals surface area (Å²) in [6, 6.07) is 6.49. The molecule has 0 saturated carbocycles. The normalized spacial score (nSPS) is 13.4. The Morgan fingerprint density at radius 1 is 1.05 bits per heavy atom. The second-order valence-corrected chi connectivity index (χ2v) is 4.71. The average Bonchev–Trinajstić information content (AvgIpc) is 2.79. The smallest absolute Gasteiger partial charge is 0.196 e. The second kappa shape index (κ2) is 4.12. The van der Waals surface area contributed by atoms with Crippen LogP contribution in [-0.2, 0) is 6.54 Å². The van der Waals surface area contributed by atoms with Gasteiger partial charge in [0.2, 0.25) is 0 Å². The second-order valence-electron chi connectivity index (χ2n) is 4.71. The van der Waals surface area contributed by atoms with Gasteiger partial charge in [-0.25, -0.2) is 0 Å². The van der Waals surface area contributed by atoms with E-state index < -0.39 is 24.3 Å². The molecule has 0 atom stereocenters. The first-order chi connectivity index (χ1) is 9.71. The van der Waals surface area contributed by atoms with Crippen LogP contribution >= 0.6 is 0 Å². The Labute approximate surface area is 114 Å². The van der Waals surface area contributed by atoms with Crippen molar-refractivity contribution in [2.24, 2.45) is 0 Å². The number of rotatable bonds is 2. The van der Waals surface area contributed by atoms with Crippen molar-refractivity contribution in [3.63, 3.8) is 0 Å². The minimum Gasteiger partial charge on any atom is -0.196 e. The Balaban J connectivity index is 2.20. The first-order valence-corrected chi connectivity index (χ1v) is 5.91. The van der Waals surface area contributed by atoms with Gasteiger partial charge in [-0.05, 0) is 12.1 Å². The van der Waals surface area contributed by atoms with E-state index in [0.717, 1.165) is 10.6 Å². The first-order valence-electron chi connectivity index (χ1n) is 5.91.